The molecule has 1 heterocycles. The molecule has 1 aromatic heterocycles. The molecule has 1 fully saturated rings. The van der Waals surface area contributed by atoms with Crippen molar-refractivity contribution in [3.05, 3.63) is 42.0 Å². The lowest BCUT2D eigenvalue weighted by atomic mass is 9.82. The van der Waals surface area contributed by atoms with Gasteiger partial charge in [-0.25, -0.2) is 9.37 Å². The Labute approximate surface area is 112 Å². The lowest BCUT2D eigenvalue weighted by molar-refractivity contribution is 0.343. The van der Waals surface area contributed by atoms with Gasteiger partial charge < -0.3 is 4.42 Å². The van der Waals surface area contributed by atoms with Gasteiger partial charge in [-0.3, -0.25) is 0 Å². The second-order valence-electron chi connectivity index (χ2n) is 5.54. The summed E-state index contributed by atoms with van der Waals surface area (Å²) in [5.74, 6) is 1.71. The minimum absolute atomic E-state index is 0.239. The van der Waals surface area contributed by atoms with E-state index in [4.69, 9.17) is 4.42 Å². The highest BCUT2D eigenvalue weighted by atomic mass is 19.1. The van der Waals surface area contributed by atoms with E-state index in [1.54, 1.807) is 18.4 Å². The Morgan fingerprint density at radius 3 is 2.47 bits per heavy atom. The fraction of sp³-hybridized carbons (Fsp3) is 0.438. The number of halogens is 1. The summed E-state index contributed by atoms with van der Waals surface area (Å²) in [7, 11) is 0. The van der Waals surface area contributed by atoms with Gasteiger partial charge in [0.15, 0.2) is 0 Å². The molecule has 3 rings (SSSR count). The molecule has 0 spiro atoms. The normalized spacial score (nSPS) is 23.5. The van der Waals surface area contributed by atoms with Gasteiger partial charge in [-0.05, 0) is 43.0 Å². The lowest BCUT2D eigenvalue weighted by Crippen LogP contribution is -2.10. The van der Waals surface area contributed by atoms with Gasteiger partial charge in [0, 0.05) is 11.5 Å². The monoisotopic (exact) mass is 259 g/mol. The molecule has 1 saturated carbocycles. The van der Waals surface area contributed by atoms with Crippen LogP contribution in [0.1, 0.15) is 44.2 Å². The summed E-state index contributed by atoms with van der Waals surface area (Å²) in [6, 6.07) is 6.27. The van der Waals surface area contributed by atoms with Crippen molar-refractivity contribution in [2.75, 3.05) is 0 Å². The molecular formula is C16H18FNO. The molecule has 1 aliphatic rings. The highest BCUT2D eigenvalue weighted by molar-refractivity contribution is 5.52. The molecule has 2 aromatic rings. The second-order valence-corrected chi connectivity index (χ2v) is 5.54. The third kappa shape index (κ3) is 2.70. The number of nitrogens with zero attached hydrogens (tertiary/aromatic N) is 1. The van der Waals surface area contributed by atoms with Gasteiger partial charge in [0.2, 0.25) is 5.89 Å². The van der Waals surface area contributed by atoms with Crippen LogP contribution in [0, 0.1) is 11.7 Å². The molecule has 2 nitrogen and oxygen atoms in total. The van der Waals surface area contributed by atoms with E-state index in [2.05, 4.69) is 11.9 Å². The van der Waals surface area contributed by atoms with Gasteiger partial charge in [-0.15, -0.1) is 0 Å². The lowest BCUT2D eigenvalue weighted by Gasteiger charge is -2.24. The van der Waals surface area contributed by atoms with Crippen molar-refractivity contribution in [1.29, 1.82) is 0 Å². The average molecular weight is 259 g/mol. The summed E-state index contributed by atoms with van der Waals surface area (Å²) in [6.07, 6.45) is 6.68. The maximum atomic E-state index is 12.9. The van der Waals surface area contributed by atoms with Gasteiger partial charge in [-0.1, -0.05) is 19.8 Å². The zero-order valence-corrected chi connectivity index (χ0v) is 11.1. The molecule has 0 unspecified atom stereocenters. The molecule has 3 heteroatoms. The van der Waals surface area contributed by atoms with Crippen LogP contribution in [0.15, 0.2) is 34.9 Å². The first-order chi connectivity index (χ1) is 9.22. The average Bonchev–Trinajstić information content (AvgIpc) is 2.90. The third-order valence-corrected chi connectivity index (χ3v) is 4.05. The molecule has 0 saturated heterocycles. The molecule has 1 aliphatic carbocycles. The predicted molar refractivity (Wildman–Crippen MR) is 72.3 cm³/mol. The zero-order chi connectivity index (χ0) is 13.2. The Kier molecular flexibility index (Phi) is 3.36. The Morgan fingerprint density at radius 1 is 1.11 bits per heavy atom. The number of benzene rings is 1. The van der Waals surface area contributed by atoms with Crippen LogP contribution in [0.5, 0.6) is 0 Å². The minimum atomic E-state index is -0.239. The smallest absolute Gasteiger partial charge is 0.226 e. The first kappa shape index (κ1) is 12.4. The van der Waals surface area contributed by atoms with E-state index in [0.29, 0.717) is 11.8 Å². The van der Waals surface area contributed by atoms with Crippen LogP contribution in [0.25, 0.3) is 11.5 Å². The van der Waals surface area contributed by atoms with Gasteiger partial charge in [0.05, 0.1) is 5.69 Å². The Hall–Kier alpha value is -1.64. The van der Waals surface area contributed by atoms with Gasteiger partial charge in [-0.2, -0.15) is 0 Å². The maximum absolute atomic E-state index is 12.9. The van der Waals surface area contributed by atoms with E-state index in [1.165, 1.54) is 37.8 Å². The SMILES string of the molecule is CC1CCC(c2coc(-c3ccc(F)cc3)n2)CC1. The molecule has 0 radical (unpaired) electrons. The predicted octanol–water partition coefficient (Wildman–Crippen LogP) is 4.77. The topological polar surface area (TPSA) is 26.0 Å². The van der Waals surface area contributed by atoms with Crippen molar-refractivity contribution < 1.29 is 8.81 Å². The molecule has 0 N–H and O–H groups in total. The first-order valence-corrected chi connectivity index (χ1v) is 6.94. The van der Waals surface area contributed by atoms with Crippen LogP contribution < -0.4 is 0 Å². The molecule has 19 heavy (non-hydrogen) atoms. The molecule has 0 bridgehead atoms. The van der Waals surface area contributed by atoms with Gasteiger partial charge >= 0.3 is 0 Å². The minimum Gasteiger partial charge on any atom is -0.444 e. The van der Waals surface area contributed by atoms with E-state index in [9.17, 15) is 4.39 Å². The van der Waals surface area contributed by atoms with Crippen molar-refractivity contribution in [2.24, 2.45) is 5.92 Å². The molecule has 0 atom stereocenters. The van der Waals surface area contributed by atoms with Crippen molar-refractivity contribution in [3.63, 3.8) is 0 Å². The van der Waals surface area contributed by atoms with Gasteiger partial charge in [0.25, 0.3) is 0 Å². The van der Waals surface area contributed by atoms with Crippen LogP contribution in [0.2, 0.25) is 0 Å². The summed E-state index contributed by atoms with van der Waals surface area (Å²) >= 11 is 0. The van der Waals surface area contributed by atoms with Crippen LogP contribution >= 0.6 is 0 Å². The van der Waals surface area contributed by atoms with E-state index in [1.807, 2.05) is 0 Å². The highest BCUT2D eigenvalue weighted by Gasteiger charge is 2.22. The fourth-order valence-electron chi connectivity index (χ4n) is 2.75. The molecule has 0 amide bonds. The van der Waals surface area contributed by atoms with Crippen LogP contribution in [-0.2, 0) is 0 Å². The van der Waals surface area contributed by atoms with Crippen LogP contribution in [0.4, 0.5) is 4.39 Å². The molecule has 0 aliphatic heterocycles. The van der Waals surface area contributed by atoms with Crippen molar-refractivity contribution >= 4 is 0 Å². The zero-order valence-electron chi connectivity index (χ0n) is 11.1. The van der Waals surface area contributed by atoms with Crippen molar-refractivity contribution in [1.82, 2.24) is 4.98 Å². The van der Waals surface area contributed by atoms with E-state index in [-0.39, 0.29) is 5.82 Å². The first-order valence-electron chi connectivity index (χ1n) is 6.94. The number of rotatable bonds is 2. The molecular weight excluding hydrogens is 241 g/mol. The number of aromatic nitrogens is 1. The van der Waals surface area contributed by atoms with E-state index < -0.39 is 0 Å². The second kappa shape index (κ2) is 5.16. The Balaban J connectivity index is 1.77. The Bertz CT molecular complexity index is 538. The standard InChI is InChI=1S/C16H18FNO/c1-11-2-4-12(5-3-11)15-10-19-16(18-15)13-6-8-14(17)9-7-13/h6-12H,2-5H2,1H3. The van der Waals surface area contributed by atoms with E-state index in [0.717, 1.165) is 17.2 Å². The third-order valence-electron chi connectivity index (χ3n) is 4.05. The summed E-state index contributed by atoms with van der Waals surface area (Å²) in [6.45, 7) is 2.31. The van der Waals surface area contributed by atoms with Crippen LogP contribution in [0.3, 0.4) is 0 Å². The van der Waals surface area contributed by atoms with Gasteiger partial charge in [0.1, 0.15) is 12.1 Å². The summed E-state index contributed by atoms with van der Waals surface area (Å²) in [5.41, 5.74) is 1.88. The van der Waals surface area contributed by atoms with E-state index >= 15 is 0 Å². The highest BCUT2D eigenvalue weighted by Crippen LogP contribution is 2.35. The van der Waals surface area contributed by atoms with Crippen molar-refractivity contribution in [3.8, 4) is 11.5 Å². The quantitative estimate of drug-likeness (QED) is 0.776. The summed E-state index contributed by atoms with van der Waals surface area (Å²) in [4.78, 5) is 4.57. The number of hydrogen-bond donors (Lipinski definition) is 0. The molecule has 100 valence electrons. The largest absolute Gasteiger partial charge is 0.444 e. The molecule has 1 aromatic carbocycles. The number of hydrogen-bond acceptors (Lipinski definition) is 2. The fourth-order valence-corrected chi connectivity index (χ4v) is 2.75. The summed E-state index contributed by atoms with van der Waals surface area (Å²) in [5, 5.41) is 0. The Morgan fingerprint density at radius 2 is 1.79 bits per heavy atom. The summed E-state index contributed by atoms with van der Waals surface area (Å²) < 4.78 is 18.4. The van der Waals surface area contributed by atoms with Crippen LogP contribution in [-0.4, -0.2) is 4.98 Å². The van der Waals surface area contributed by atoms with Crippen molar-refractivity contribution in [2.45, 2.75) is 38.5 Å². The number of oxazole rings is 1. The maximum Gasteiger partial charge on any atom is 0.226 e.